The third kappa shape index (κ3) is 12.1. The van der Waals surface area contributed by atoms with Crippen LogP contribution in [0.25, 0.3) is 17.2 Å². The molecular formula is C31H45FNO6P. The summed E-state index contributed by atoms with van der Waals surface area (Å²) in [6, 6.07) is 13.5. The second-order valence-electron chi connectivity index (χ2n) is 8.32. The molecule has 0 aromatic heterocycles. The van der Waals surface area contributed by atoms with Crippen LogP contribution >= 0.6 is 7.82 Å². The summed E-state index contributed by atoms with van der Waals surface area (Å²) in [5, 5.41) is 0. The molecule has 0 bridgehead atoms. The van der Waals surface area contributed by atoms with Gasteiger partial charge in [-0.3, -0.25) is 18.4 Å². The zero-order valence-electron chi connectivity index (χ0n) is 24.7. The highest BCUT2D eigenvalue weighted by Gasteiger charge is 2.25. The molecule has 0 atom stereocenters. The Bertz CT molecular complexity index is 1120. The van der Waals surface area contributed by atoms with E-state index in [9.17, 15) is 8.96 Å². The van der Waals surface area contributed by atoms with Gasteiger partial charge in [0.2, 0.25) is 6.41 Å². The fourth-order valence-electron chi connectivity index (χ4n) is 4.09. The number of rotatable bonds is 12. The number of phosphoric ester groups is 1. The van der Waals surface area contributed by atoms with Crippen LogP contribution in [0.15, 0.2) is 48.0 Å². The number of amides is 1. The first kappa shape index (κ1) is 37.1. The molecule has 0 radical (unpaired) electrons. The van der Waals surface area contributed by atoms with E-state index in [0.717, 1.165) is 47.9 Å². The van der Waals surface area contributed by atoms with Crippen molar-refractivity contribution in [2.45, 2.75) is 67.2 Å². The molecule has 9 heteroatoms. The molecule has 0 aliphatic heterocycles. The van der Waals surface area contributed by atoms with Crippen molar-refractivity contribution in [3.63, 3.8) is 0 Å². The maximum Gasteiger partial charge on any atom is 0.474 e. The number of primary amides is 1. The second-order valence-corrected chi connectivity index (χ2v) is 9.99. The molecular weight excluding hydrogens is 532 g/mol. The molecule has 1 aliphatic rings. The van der Waals surface area contributed by atoms with Gasteiger partial charge in [0.25, 0.3) is 0 Å². The van der Waals surface area contributed by atoms with Crippen LogP contribution in [0.2, 0.25) is 0 Å². The topological polar surface area (TPSA) is 105 Å². The Morgan fingerprint density at radius 2 is 1.48 bits per heavy atom. The van der Waals surface area contributed by atoms with E-state index < -0.39 is 7.82 Å². The number of carbonyl (C=O) groups excluding carboxylic acids is 2. The highest BCUT2D eigenvalue weighted by molar-refractivity contribution is 7.48. The first-order chi connectivity index (χ1) is 19.3. The smallest absolute Gasteiger partial charge is 0.372 e. The zero-order valence-corrected chi connectivity index (χ0v) is 25.6. The highest BCUT2D eigenvalue weighted by Crippen LogP contribution is 2.49. The molecule has 0 heterocycles. The molecule has 2 N–H and O–H groups in total. The van der Waals surface area contributed by atoms with Gasteiger partial charge >= 0.3 is 7.82 Å². The Kier molecular flexibility index (Phi) is 19.4. The lowest BCUT2D eigenvalue weighted by molar-refractivity contribution is -0.107. The first-order valence-electron chi connectivity index (χ1n) is 13.5. The van der Waals surface area contributed by atoms with Crippen molar-refractivity contribution in [2.24, 2.45) is 5.73 Å². The lowest BCUT2D eigenvalue weighted by atomic mass is 9.99. The zero-order chi connectivity index (χ0) is 30.6. The Hall–Kier alpha value is -2.90. The van der Waals surface area contributed by atoms with Crippen molar-refractivity contribution in [3.8, 4) is 0 Å². The molecule has 2 aromatic rings. The minimum Gasteiger partial charge on any atom is -0.372 e. The van der Waals surface area contributed by atoms with Crippen molar-refractivity contribution in [1.82, 2.24) is 0 Å². The van der Waals surface area contributed by atoms with Crippen molar-refractivity contribution in [1.29, 1.82) is 0 Å². The summed E-state index contributed by atoms with van der Waals surface area (Å²) in [7, 11) is -3.45. The first-order valence-corrected chi connectivity index (χ1v) is 15.0. The van der Waals surface area contributed by atoms with Gasteiger partial charge in [0.15, 0.2) is 0 Å². The number of phosphoric acid groups is 1. The molecule has 0 unspecified atom stereocenters. The van der Waals surface area contributed by atoms with Gasteiger partial charge in [-0.1, -0.05) is 56.2 Å². The molecule has 1 amide bonds. The molecule has 0 saturated heterocycles. The largest absolute Gasteiger partial charge is 0.474 e. The average molecular weight is 578 g/mol. The van der Waals surface area contributed by atoms with Gasteiger partial charge in [0, 0.05) is 0 Å². The normalized spacial score (nSPS) is 12.8. The number of allylic oxidation sites excluding steroid dienone is 3. The van der Waals surface area contributed by atoms with Crippen LogP contribution < -0.4 is 5.73 Å². The number of hydrogen-bond acceptors (Lipinski definition) is 6. The molecule has 40 heavy (non-hydrogen) atoms. The van der Waals surface area contributed by atoms with E-state index in [4.69, 9.17) is 23.2 Å². The Balaban J connectivity index is 0.00000199. The van der Waals surface area contributed by atoms with Crippen LogP contribution in [0.3, 0.4) is 0 Å². The molecule has 1 aliphatic carbocycles. The van der Waals surface area contributed by atoms with Gasteiger partial charge in [-0.05, 0) is 98.6 Å². The van der Waals surface area contributed by atoms with Crippen LogP contribution in [0.1, 0.15) is 82.6 Å². The maximum absolute atomic E-state index is 14.1. The van der Waals surface area contributed by atoms with E-state index in [1.807, 2.05) is 26.7 Å². The van der Waals surface area contributed by atoms with E-state index >= 15 is 0 Å². The fraction of sp³-hybridized carbons (Fsp3) is 0.419. The van der Waals surface area contributed by atoms with Gasteiger partial charge in [0.1, 0.15) is 12.6 Å². The van der Waals surface area contributed by atoms with Crippen molar-refractivity contribution in [3.05, 3.63) is 76.1 Å². The molecule has 7 nitrogen and oxygen atoms in total. The minimum atomic E-state index is -3.45. The highest BCUT2D eigenvalue weighted by atomic mass is 31.2. The van der Waals surface area contributed by atoms with Crippen LogP contribution in [0.4, 0.5) is 4.39 Å². The Morgan fingerprint density at radius 3 is 2.02 bits per heavy atom. The predicted octanol–water partition coefficient (Wildman–Crippen LogP) is 8.16. The van der Waals surface area contributed by atoms with E-state index in [1.165, 1.54) is 22.8 Å². The lowest BCUT2D eigenvalue weighted by Crippen LogP contribution is -2.01. The van der Waals surface area contributed by atoms with Crippen molar-refractivity contribution < 1.29 is 32.1 Å². The van der Waals surface area contributed by atoms with Gasteiger partial charge < -0.3 is 10.5 Å². The molecule has 0 fully saturated rings. The number of fused-ring (bicyclic) bond motifs is 1. The maximum atomic E-state index is 14.1. The van der Waals surface area contributed by atoms with Gasteiger partial charge in [-0.2, -0.15) is 0 Å². The average Bonchev–Trinajstić information content (AvgIpc) is 3.20. The number of hydrogen-bond donors (Lipinski definition) is 1. The Labute approximate surface area is 239 Å². The minimum absolute atomic E-state index is 0.216. The van der Waals surface area contributed by atoms with Gasteiger partial charge in [-0.15, -0.1) is 0 Å². The van der Waals surface area contributed by atoms with Crippen LogP contribution in [0.5, 0.6) is 0 Å². The SMILES string of the molecule is C=O.CC.CCOP(=O)(OCC)OCCCCCC1=C(C)/C(=C/c2ccc(C)cc2)c2ccc(F)cc21.NC=O. The summed E-state index contributed by atoms with van der Waals surface area (Å²) < 4.78 is 42.1. The molecule has 3 rings (SSSR count). The number of nitrogens with two attached hydrogens (primary N) is 1. The predicted molar refractivity (Wildman–Crippen MR) is 162 cm³/mol. The Morgan fingerprint density at radius 1 is 0.900 bits per heavy atom. The summed E-state index contributed by atoms with van der Waals surface area (Å²) in [6.45, 7) is 14.6. The number of carbonyl (C=O) groups is 2. The quantitative estimate of drug-likeness (QED) is 0.155. The summed E-state index contributed by atoms with van der Waals surface area (Å²) in [5.41, 5.74) is 12.1. The van der Waals surface area contributed by atoms with Crippen LogP contribution in [-0.2, 0) is 27.7 Å². The summed E-state index contributed by atoms with van der Waals surface area (Å²) in [6.07, 6.45) is 5.86. The van der Waals surface area contributed by atoms with Crippen LogP contribution in [-0.4, -0.2) is 33.0 Å². The van der Waals surface area contributed by atoms with E-state index in [0.29, 0.717) is 6.61 Å². The van der Waals surface area contributed by atoms with E-state index in [2.05, 4.69) is 49.9 Å². The van der Waals surface area contributed by atoms with Crippen LogP contribution in [0, 0.1) is 12.7 Å². The summed E-state index contributed by atoms with van der Waals surface area (Å²) in [5.74, 6) is -0.216. The molecule has 0 spiro atoms. The summed E-state index contributed by atoms with van der Waals surface area (Å²) >= 11 is 0. The van der Waals surface area contributed by atoms with Gasteiger partial charge in [0.05, 0.1) is 19.8 Å². The number of unbranched alkanes of at least 4 members (excludes halogenated alkanes) is 2. The monoisotopic (exact) mass is 577 g/mol. The molecule has 222 valence electrons. The third-order valence-electron chi connectivity index (χ3n) is 5.74. The standard InChI is InChI=1S/C27H34FO4P.C2H6.CH3NO.CH2O/c1-5-30-33(29,31-6-2)32-17-9-7-8-10-24-21(4)26(18-22-13-11-20(3)12-14-22)25-16-15-23(28)19-27(24)25;1-2;2-1-3;1-2/h11-16,18-19H,5-10,17H2,1-4H3;1-2H3;1H,(H2,2,3);1H2/b26-18-;;;. The van der Waals surface area contributed by atoms with E-state index in [1.54, 1.807) is 19.9 Å². The number of benzene rings is 2. The molecule has 2 aromatic carbocycles. The third-order valence-corrected chi connectivity index (χ3v) is 7.38. The van der Waals surface area contributed by atoms with Gasteiger partial charge in [-0.25, -0.2) is 8.96 Å². The second kappa shape index (κ2) is 20.9. The summed E-state index contributed by atoms with van der Waals surface area (Å²) in [4.78, 5) is 16.6. The molecule has 0 saturated carbocycles. The van der Waals surface area contributed by atoms with E-state index in [-0.39, 0.29) is 25.4 Å². The number of halogens is 1. The van der Waals surface area contributed by atoms with Crippen molar-refractivity contribution >= 4 is 38.2 Å². The fourth-order valence-corrected chi connectivity index (χ4v) is 5.30. The number of aryl methyl sites for hydroxylation is 1. The van der Waals surface area contributed by atoms with Crippen molar-refractivity contribution in [2.75, 3.05) is 19.8 Å². The lowest BCUT2D eigenvalue weighted by Gasteiger charge is -2.16.